The summed E-state index contributed by atoms with van der Waals surface area (Å²) in [6.45, 7) is 7.04. The molecule has 0 fully saturated rings. The molecule has 5 heteroatoms. The molecule has 1 amide bonds. The third-order valence-corrected chi connectivity index (χ3v) is 4.67. The minimum absolute atomic E-state index is 0.00389. The summed E-state index contributed by atoms with van der Waals surface area (Å²) >= 11 is 3.52. The van der Waals surface area contributed by atoms with Crippen LogP contribution in [0.1, 0.15) is 31.9 Å². The van der Waals surface area contributed by atoms with E-state index in [1.807, 2.05) is 42.5 Å². The minimum atomic E-state index is -0.134. The van der Waals surface area contributed by atoms with Crippen LogP contribution in [0.15, 0.2) is 46.9 Å². The SMILES string of the molecule is COc1ccc(CCNC(=O)COc2ccc(C(C)(C)C)cc2Br)cc1. The van der Waals surface area contributed by atoms with E-state index >= 15 is 0 Å². The van der Waals surface area contributed by atoms with E-state index in [0.717, 1.165) is 22.2 Å². The smallest absolute Gasteiger partial charge is 0.257 e. The lowest BCUT2D eigenvalue weighted by molar-refractivity contribution is -0.123. The number of carbonyl (C=O) groups excluding carboxylic acids is 1. The number of halogens is 1. The maximum absolute atomic E-state index is 12.0. The Morgan fingerprint density at radius 1 is 1.12 bits per heavy atom. The van der Waals surface area contributed by atoms with Gasteiger partial charge in [0.2, 0.25) is 0 Å². The van der Waals surface area contributed by atoms with Crippen molar-refractivity contribution < 1.29 is 14.3 Å². The summed E-state index contributed by atoms with van der Waals surface area (Å²) in [5.41, 5.74) is 2.42. The van der Waals surface area contributed by atoms with Crippen LogP contribution in [0.3, 0.4) is 0 Å². The Morgan fingerprint density at radius 3 is 2.38 bits per heavy atom. The van der Waals surface area contributed by atoms with Crippen LogP contribution in [0, 0.1) is 0 Å². The first kappa shape index (κ1) is 20.3. The third kappa shape index (κ3) is 6.06. The van der Waals surface area contributed by atoms with Gasteiger partial charge in [0.15, 0.2) is 6.61 Å². The fourth-order valence-electron chi connectivity index (χ4n) is 2.42. The van der Waals surface area contributed by atoms with Gasteiger partial charge in [0, 0.05) is 6.54 Å². The molecule has 0 radical (unpaired) electrons. The highest BCUT2D eigenvalue weighted by atomic mass is 79.9. The van der Waals surface area contributed by atoms with Crippen molar-refractivity contribution in [2.24, 2.45) is 0 Å². The number of amides is 1. The molecule has 1 N–H and O–H groups in total. The molecule has 0 bridgehead atoms. The molecule has 4 nitrogen and oxygen atoms in total. The molecule has 0 saturated carbocycles. The zero-order chi connectivity index (χ0) is 19.2. The zero-order valence-corrected chi connectivity index (χ0v) is 17.4. The molecular formula is C21H26BrNO3. The highest BCUT2D eigenvalue weighted by molar-refractivity contribution is 9.10. The number of rotatable bonds is 7. The van der Waals surface area contributed by atoms with Gasteiger partial charge < -0.3 is 14.8 Å². The molecule has 0 aliphatic rings. The van der Waals surface area contributed by atoms with Crippen molar-refractivity contribution in [1.29, 1.82) is 0 Å². The first-order valence-corrected chi connectivity index (χ1v) is 9.41. The Kier molecular flexibility index (Phi) is 7.09. The number of carbonyl (C=O) groups is 1. The molecule has 26 heavy (non-hydrogen) atoms. The van der Waals surface area contributed by atoms with Gasteiger partial charge in [-0.1, -0.05) is 39.0 Å². The fraction of sp³-hybridized carbons (Fsp3) is 0.381. The second-order valence-corrected chi connectivity index (χ2v) is 7.99. The van der Waals surface area contributed by atoms with Gasteiger partial charge in [-0.3, -0.25) is 4.79 Å². The number of ether oxygens (including phenoxy) is 2. The van der Waals surface area contributed by atoms with Crippen molar-refractivity contribution in [3.8, 4) is 11.5 Å². The third-order valence-electron chi connectivity index (χ3n) is 4.05. The van der Waals surface area contributed by atoms with E-state index in [1.165, 1.54) is 5.56 Å². The number of methoxy groups -OCH3 is 1. The molecule has 0 aliphatic carbocycles. The Bertz CT molecular complexity index is 736. The molecule has 0 aromatic heterocycles. The van der Waals surface area contributed by atoms with E-state index in [0.29, 0.717) is 12.3 Å². The molecule has 0 spiro atoms. The van der Waals surface area contributed by atoms with Crippen LogP contribution in [0.5, 0.6) is 11.5 Å². The monoisotopic (exact) mass is 419 g/mol. The summed E-state index contributed by atoms with van der Waals surface area (Å²) in [6, 6.07) is 13.8. The van der Waals surface area contributed by atoms with Gasteiger partial charge in [-0.2, -0.15) is 0 Å². The minimum Gasteiger partial charge on any atom is -0.497 e. The standard InChI is InChI=1S/C21H26BrNO3/c1-21(2,3)16-7-10-19(18(22)13-16)26-14-20(24)23-12-11-15-5-8-17(25-4)9-6-15/h5-10,13H,11-12,14H2,1-4H3,(H,23,24). The number of hydrogen-bond acceptors (Lipinski definition) is 3. The molecule has 2 aromatic rings. The Labute approximate surface area is 164 Å². The van der Waals surface area contributed by atoms with Crippen LogP contribution in [0.4, 0.5) is 0 Å². The zero-order valence-electron chi connectivity index (χ0n) is 15.8. The predicted molar refractivity (Wildman–Crippen MR) is 108 cm³/mol. The van der Waals surface area contributed by atoms with Crippen molar-refractivity contribution >= 4 is 21.8 Å². The lowest BCUT2D eigenvalue weighted by atomic mass is 9.87. The van der Waals surface area contributed by atoms with Crippen LogP contribution in [-0.2, 0) is 16.6 Å². The lowest BCUT2D eigenvalue weighted by Crippen LogP contribution is -2.30. The van der Waals surface area contributed by atoms with Gasteiger partial charge in [0.25, 0.3) is 5.91 Å². The second kappa shape index (κ2) is 9.08. The van der Waals surface area contributed by atoms with Gasteiger partial charge in [-0.05, 0) is 63.2 Å². The van der Waals surface area contributed by atoms with Gasteiger partial charge in [0.05, 0.1) is 11.6 Å². The van der Waals surface area contributed by atoms with E-state index in [4.69, 9.17) is 9.47 Å². The van der Waals surface area contributed by atoms with Crippen molar-refractivity contribution in [1.82, 2.24) is 5.32 Å². The summed E-state index contributed by atoms with van der Waals surface area (Å²) in [5.74, 6) is 1.36. The second-order valence-electron chi connectivity index (χ2n) is 7.13. The highest BCUT2D eigenvalue weighted by Gasteiger charge is 2.15. The largest absolute Gasteiger partial charge is 0.497 e. The van der Waals surface area contributed by atoms with Gasteiger partial charge in [-0.25, -0.2) is 0 Å². The molecule has 2 aromatic carbocycles. The van der Waals surface area contributed by atoms with Gasteiger partial charge in [0.1, 0.15) is 11.5 Å². The van der Waals surface area contributed by atoms with Crippen LogP contribution < -0.4 is 14.8 Å². The van der Waals surface area contributed by atoms with Gasteiger partial charge >= 0.3 is 0 Å². The first-order valence-electron chi connectivity index (χ1n) is 8.62. The molecule has 0 heterocycles. The van der Waals surface area contributed by atoms with Crippen molar-refractivity contribution in [3.05, 3.63) is 58.1 Å². The molecule has 0 saturated heterocycles. The van der Waals surface area contributed by atoms with E-state index in [1.54, 1.807) is 7.11 Å². The summed E-state index contributed by atoms with van der Waals surface area (Å²) < 4.78 is 11.6. The predicted octanol–water partition coefficient (Wildman–Crippen LogP) is 4.49. The number of benzene rings is 2. The van der Waals surface area contributed by atoms with Crippen molar-refractivity contribution in [2.75, 3.05) is 20.3 Å². The van der Waals surface area contributed by atoms with Crippen LogP contribution in [0.25, 0.3) is 0 Å². The van der Waals surface area contributed by atoms with Crippen LogP contribution >= 0.6 is 15.9 Å². The molecule has 0 aliphatic heterocycles. The van der Waals surface area contributed by atoms with E-state index in [-0.39, 0.29) is 17.9 Å². The topological polar surface area (TPSA) is 47.6 Å². The van der Waals surface area contributed by atoms with Crippen LogP contribution in [0.2, 0.25) is 0 Å². The average Bonchev–Trinajstić information content (AvgIpc) is 2.60. The van der Waals surface area contributed by atoms with E-state index < -0.39 is 0 Å². The molecule has 0 atom stereocenters. The highest BCUT2D eigenvalue weighted by Crippen LogP contribution is 2.31. The Balaban J connectivity index is 1.77. The molecule has 140 valence electrons. The molecule has 0 unspecified atom stereocenters. The van der Waals surface area contributed by atoms with E-state index in [9.17, 15) is 4.79 Å². The number of hydrogen-bond donors (Lipinski definition) is 1. The van der Waals surface area contributed by atoms with Crippen molar-refractivity contribution in [2.45, 2.75) is 32.6 Å². The average molecular weight is 420 g/mol. The molecular weight excluding hydrogens is 394 g/mol. The summed E-state index contributed by atoms with van der Waals surface area (Å²) in [4.78, 5) is 12.0. The maximum Gasteiger partial charge on any atom is 0.257 e. The fourth-order valence-corrected chi connectivity index (χ4v) is 2.91. The quantitative estimate of drug-likeness (QED) is 0.718. The van der Waals surface area contributed by atoms with Gasteiger partial charge in [-0.15, -0.1) is 0 Å². The summed E-state index contributed by atoms with van der Waals surface area (Å²) in [5, 5.41) is 2.87. The number of nitrogens with one attached hydrogen (secondary N) is 1. The Hall–Kier alpha value is -2.01. The summed E-state index contributed by atoms with van der Waals surface area (Å²) in [7, 11) is 1.64. The van der Waals surface area contributed by atoms with Crippen molar-refractivity contribution in [3.63, 3.8) is 0 Å². The Morgan fingerprint density at radius 2 is 1.81 bits per heavy atom. The molecule has 2 rings (SSSR count). The van der Waals surface area contributed by atoms with E-state index in [2.05, 4.69) is 42.0 Å². The summed E-state index contributed by atoms with van der Waals surface area (Å²) in [6.07, 6.45) is 0.764. The maximum atomic E-state index is 12.0. The first-order chi connectivity index (χ1) is 12.3. The normalized spacial score (nSPS) is 11.1. The van der Waals surface area contributed by atoms with Crippen LogP contribution in [-0.4, -0.2) is 26.2 Å². The lowest BCUT2D eigenvalue weighted by Gasteiger charge is -2.20.